The molecule has 0 radical (unpaired) electrons. The van der Waals surface area contributed by atoms with Crippen molar-refractivity contribution in [2.75, 3.05) is 16.7 Å². The summed E-state index contributed by atoms with van der Waals surface area (Å²) in [5.74, 6) is 1.14. The van der Waals surface area contributed by atoms with Crippen LogP contribution in [0.2, 0.25) is 0 Å². The summed E-state index contributed by atoms with van der Waals surface area (Å²) in [6.45, 7) is 6.90. The summed E-state index contributed by atoms with van der Waals surface area (Å²) in [7, 11) is 0. The highest BCUT2D eigenvalue weighted by molar-refractivity contribution is 7.99. The zero-order chi connectivity index (χ0) is 26.3. The van der Waals surface area contributed by atoms with Gasteiger partial charge in [0.05, 0.1) is 5.69 Å². The topological polar surface area (TPSA) is 118 Å². The minimum absolute atomic E-state index is 0.165. The van der Waals surface area contributed by atoms with E-state index in [0.717, 1.165) is 41.6 Å². The standard InChI is InChI=1S/C27H35N7O2S/c1-15-9-21(10-15)29-27(36)24-25(28)31-34-8-7-22(30-26(24)34)19-11-20(16(2)23(12-19)32-37-4)13-33(14-35)17(3)18-5-6-18/h7-8,11-12,14-15,17-18,21,32H,5-6,9-10,13H2,1-4H3,(H2,28,31)(H,29,36). The molecule has 0 saturated heterocycles. The number of fused-ring (bicyclic) bond motifs is 1. The number of amides is 2. The van der Waals surface area contributed by atoms with Gasteiger partial charge in [-0.05, 0) is 80.7 Å². The molecule has 0 aliphatic heterocycles. The highest BCUT2D eigenvalue weighted by atomic mass is 32.2. The summed E-state index contributed by atoms with van der Waals surface area (Å²) >= 11 is 1.52. The van der Waals surface area contributed by atoms with Crippen LogP contribution in [0.25, 0.3) is 16.9 Å². The third-order valence-corrected chi connectivity index (χ3v) is 8.21. The molecule has 196 valence electrons. The van der Waals surface area contributed by atoms with Crippen LogP contribution in [0.3, 0.4) is 0 Å². The minimum atomic E-state index is -0.237. The molecule has 1 atom stereocenters. The number of rotatable bonds is 10. The van der Waals surface area contributed by atoms with E-state index in [2.05, 4.69) is 48.0 Å². The van der Waals surface area contributed by atoms with E-state index >= 15 is 0 Å². The molecule has 2 amide bonds. The van der Waals surface area contributed by atoms with Gasteiger partial charge in [0.1, 0.15) is 5.56 Å². The maximum absolute atomic E-state index is 13.1. The smallest absolute Gasteiger partial charge is 0.259 e. The first-order valence-corrected chi connectivity index (χ1v) is 14.1. The van der Waals surface area contributed by atoms with Gasteiger partial charge in [-0.1, -0.05) is 18.9 Å². The van der Waals surface area contributed by atoms with Crippen molar-refractivity contribution in [1.29, 1.82) is 0 Å². The third-order valence-electron chi connectivity index (χ3n) is 7.79. The Morgan fingerprint density at radius 2 is 2.11 bits per heavy atom. The van der Waals surface area contributed by atoms with Gasteiger partial charge in [0, 0.05) is 42.3 Å². The number of nitrogens with one attached hydrogen (secondary N) is 2. The number of carbonyl (C=O) groups excluding carboxylic acids is 2. The van der Waals surface area contributed by atoms with E-state index in [0.29, 0.717) is 35.3 Å². The highest BCUT2D eigenvalue weighted by Crippen LogP contribution is 2.36. The molecule has 2 aliphatic carbocycles. The average Bonchev–Trinajstić information content (AvgIpc) is 3.65. The lowest BCUT2D eigenvalue weighted by Crippen LogP contribution is -2.43. The number of nitrogens with zero attached hydrogens (tertiary/aromatic N) is 4. The zero-order valence-electron chi connectivity index (χ0n) is 21.8. The maximum atomic E-state index is 13.1. The van der Waals surface area contributed by atoms with E-state index in [9.17, 15) is 9.59 Å². The zero-order valence-corrected chi connectivity index (χ0v) is 22.6. The van der Waals surface area contributed by atoms with Gasteiger partial charge < -0.3 is 20.7 Å². The van der Waals surface area contributed by atoms with Crippen LogP contribution in [0.5, 0.6) is 0 Å². The lowest BCUT2D eigenvalue weighted by molar-refractivity contribution is -0.120. The predicted molar refractivity (Wildman–Crippen MR) is 148 cm³/mol. The van der Waals surface area contributed by atoms with E-state index in [4.69, 9.17) is 10.7 Å². The number of hydrogen-bond donors (Lipinski definition) is 3. The van der Waals surface area contributed by atoms with Crippen LogP contribution in [0.15, 0.2) is 24.4 Å². The summed E-state index contributed by atoms with van der Waals surface area (Å²) in [4.78, 5) is 31.8. The number of nitrogens with two attached hydrogens (primary N) is 1. The monoisotopic (exact) mass is 521 g/mol. The van der Waals surface area contributed by atoms with Crippen LogP contribution in [-0.4, -0.2) is 50.2 Å². The van der Waals surface area contributed by atoms with E-state index in [1.54, 1.807) is 10.7 Å². The van der Waals surface area contributed by atoms with Crippen LogP contribution in [-0.2, 0) is 11.3 Å². The molecule has 9 nitrogen and oxygen atoms in total. The molecule has 37 heavy (non-hydrogen) atoms. The minimum Gasteiger partial charge on any atom is -0.381 e. The molecule has 1 aromatic carbocycles. The van der Waals surface area contributed by atoms with Gasteiger partial charge >= 0.3 is 0 Å². The van der Waals surface area contributed by atoms with Gasteiger partial charge in [-0.15, -0.1) is 5.10 Å². The summed E-state index contributed by atoms with van der Waals surface area (Å²) in [5.41, 5.74) is 11.6. The molecule has 2 heterocycles. The predicted octanol–water partition coefficient (Wildman–Crippen LogP) is 4.26. The molecule has 1 unspecified atom stereocenters. The Balaban J connectivity index is 1.51. The Hall–Kier alpha value is -3.27. The SMILES string of the molecule is CSNc1cc(-c2ccn3nc(N)c(C(=O)NC4CC(C)C4)c3n2)cc(CN(C=O)C(C)C2CC2)c1C. The average molecular weight is 522 g/mol. The first kappa shape index (κ1) is 25.4. The van der Waals surface area contributed by atoms with Crippen molar-refractivity contribution in [2.24, 2.45) is 11.8 Å². The molecule has 0 spiro atoms. The van der Waals surface area contributed by atoms with Crippen molar-refractivity contribution >= 4 is 41.4 Å². The summed E-state index contributed by atoms with van der Waals surface area (Å²) in [6, 6.07) is 6.39. The summed E-state index contributed by atoms with van der Waals surface area (Å²) < 4.78 is 4.93. The molecule has 0 bridgehead atoms. The first-order chi connectivity index (χ1) is 17.8. The Bertz CT molecular complexity index is 1330. The molecule has 5 rings (SSSR count). The molecule has 2 aromatic heterocycles. The third kappa shape index (κ3) is 5.12. The van der Waals surface area contributed by atoms with E-state index in [1.165, 1.54) is 24.8 Å². The molecule has 4 N–H and O–H groups in total. The summed E-state index contributed by atoms with van der Waals surface area (Å²) in [5, 5.41) is 7.39. The molecule has 2 fully saturated rings. The largest absolute Gasteiger partial charge is 0.381 e. The second kappa shape index (κ2) is 10.2. The van der Waals surface area contributed by atoms with E-state index in [1.807, 2.05) is 17.2 Å². The quantitative estimate of drug-likeness (QED) is 0.269. The lowest BCUT2D eigenvalue weighted by Gasteiger charge is -2.33. The normalized spacial score (nSPS) is 19.8. The number of benzene rings is 1. The van der Waals surface area contributed by atoms with Crippen molar-refractivity contribution in [3.63, 3.8) is 0 Å². The molecular formula is C27H35N7O2S. The van der Waals surface area contributed by atoms with Crippen molar-refractivity contribution in [3.05, 3.63) is 41.1 Å². The van der Waals surface area contributed by atoms with Crippen LogP contribution in [0, 0.1) is 18.8 Å². The number of aromatic nitrogens is 3. The van der Waals surface area contributed by atoms with Gasteiger partial charge in [-0.3, -0.25) is 9.59 Å². The van der Waals surface area contributed by atoms with Crippen molar-refractivity contribution in [3.8, 4) is 11.3 Å². The van der Waals surface area contributed by atoms with Crippen LogP contribution in [0.4, 0.5) is 11.5 Å². The summed E-state index contributed by atoms with van der Waals surface area (Å²) in [6.07, 6.45) is 9.02. The maximum Gasteiger partial charge on any atom is 0.259 e. The molecular weight excluding hydrogens is 486 g/mol. The van der Waals surface area contributed by atoms with Crippen molar-refractivity contribution in [2.45, 2.75) is 65.1 Å². The Morgan fingerprint density at radius 1 is 1.35 bits per heavy atom. The first-order valence-electron chi connectivity index (χ1n) is 12.9. The fraction of sp³-hybridized carbons (Fsp3) is 0.481. The van der Waals surface area contributed by atoms with Gasteiger partial charge in [0.15, 0.2) is 11.5 Å². The van der Waals surface area contributed by atoms with E-state index in [-0.39, 0.29) is 23.8 Å². The van der Waals surface area contributed by atoms with Gasteiger partial charge in [0.2, 0.25) is 6.41 Å². The van der Waals surface area contributed by atoms with E-state index < -0.39 is 0 Å². The number of anilines is 2. The molecule has 3 aromatic rings. The fourth-order valence-electron chi connectivity index (χ4n) is 5.23. The highest BCUT2D eigenvalue weighted by Gasteiger charge is 2.32. The van der Waals surface area contributed by atoms with Gasteiger partial charge in [-0.2, -0.15) is 0 Å². The lowest BCUT2D eigenvalue weighted by atomic mass is 9.82. The Morgan fingerprint density at radius 3 is 2.76 bits per heavy atom. The van der Waals surface area contributed by atoms with Gasteiger partial charge in [-0.25, -0.2) is 9.50 Å². The second-order valence-corrected chi connectivity index (χ2v) is 11.2. The van der Waals surface area contributed by atoms with Crippen molar-refractivity contribution < 1.29 is 9.59 Å². The van der Waals surface area contributed by atoms with Crippen LogP contribution < -0.4 is 15.8 Å². The number of carbonyl (C=O) groups is 2. The fourth-order valence-corrected chi connectivity index (χ4v) is 5.66. The molecule has 2 aliphatic rings. The van der Waals surface area contributed by atoms with Crippen LogP contribution in [0.1, 0.15) is 61.0 Å². The number of hydrogen-bond acceptors (Lipinski definition) is 7. The second-order valence-electron chi connectivity index (χ2n) is 10.6. The Labute approximate surface area is 221 Å². The molecule has 10 heteroatoms. The Kier molecular flexibility index (Phi) is 7.02. The van der Waals surface area contributed by atoms with Crippen molar-refractivity contribution in [1.82, 2.24) is 24.8 Å². The van der Waals surface area contributed by atoms with Gasteiger partial charge in [0.25, 0.3) is 5.91 Å². The number of nitrogen functional groups attached to an aromatic ring is 1. The molecule has 2 saturated carbocycles. The van der Waals surface area contributed by atoms with Crippen LogP contribution >= 0.6 is 11.9 Å².